The van der Waals surface area contributed by atoms with E-state index < -0.39 is 0 Å². The first-order valence-corrected chi connectivity index (χ1v) is 8.67. The van der Waals surface area contributed by atoms with Crippen LogP contribution in [0.25, 0.3) is 0 Å². The number of hydrogen-bond donors (Lipinski definition) is 2. The van der Waals surface area contributed by atoms with E-state index in [1.54, 1.807) is 6.33 Å². The Morgan fingerprint density at radius 2 is 1.60 bits per heavy atom. The molecular formula is C21H24N4. The van der Waals surface area contributed by atoms with Gasteiger partial charge in [-0.2, -0.15) is 0 Å². The molecule has 25 heavy (non-hydrogen) atoms. The van der Waals surface area contributed by atoms with Gasteiger partial charge in [0.05, 0.1) is 0 Å². The molecule has 2 N–H and O–H groups in total. The lowest BCUT2D eigenvalue weighted by molar-refractivity contribution is 0.867. The Hall–Kier alpha value is -2.88. The molecular weight excluding hydrogens is 308 g/mol. The number of hydrogen-bond acceptors (Lipinski definition) is 4. The van der Waals surface area contributed by atoms with E-state index in [0.29, 0.717) is 5.92 Å². The maximum atomic E-state index is 4.30. The third-order valence-electron chi connectivity index (χ3n) is 4.08. The molecule has 0 fully saturated rings. The molecule has 0 aliphatic rings. The molecule has 4 nitrogen and oxygen atoms in total. The molecule has 0 saturated carbocycles. The molecule has 0 atom stereocenters. The Labute approximate surface area is 149 Å². The summed E-state index contributed by atoms with van der Waals surface area (Å²) in [6.07, 6.45) is 2.54. The molecule has 0 saturated heterocycles. The molecule has 0 bridgehead atoms. The van der Waals surface area contributed by atoms with E-state index in [4.69, 9.17) is 0 Å². The third-order valence-corrected chi connectivity index (χ3v) is 4.08. The zero-order valence-corrected chi connectivity index (χ0v) is 14.7. The second-order valence-corrected chi connectivity index (χ2v) is 6.35. The lowest BCUT2D eigenvalue weighted by Crippen LogP contribution is -2.07. The molecule has 1 heterocycles. The van der Waals surface area contributed by atoms with Gasteiger partial charge < -0.3 is 10.6 Å². The van der Waals surface area contributed by atoms with Crippen molar-refractivity contribution in [3.05, 3.63) is 78.1 Å². The fourth-order valence-corrected chi connectivity index (χ4v) is 2.60. The Morgan fingerprint density at radius 1 is 0.880 bits per heavy atom. The second-order valence-electron chi connectivity index (χ2n) is 6.35. The average molecular weight is 332 g/mol. The molecule has 4 heteroatoms. The predicted molar refractivity (Wildman–Crippen MR) is 104 cm³/mol. The number of nitrogens with one attached hydrogen (secondary N) is 2. The van der Waals surface area contributed by atoms with E-state index in [1.165, 1.54) is 11.1 Å². The predicted octanol–water partition coefficient (Wildman–Crippen LogP) is 5.00. The van der Waals surface area contributed by atoms with Gasteiger partial charge in [0.1, 0.15) is 18.0 Å². The van der Waals surface area contributed by atoms with Crippen molar-refractivity contribution >= 4 is 17.3 Å². The van der Waals surface area contributed by atoms with Crippen LogP contribution in [0, 0.1) is 0 Å². The Balaban J connectivity index is 1.57. The van der Waals surface area contributed by atoms with Crippen molar-refractivity contribution in [3.8, 4) is 0 Å². The van der Waals surface area contributed by atoms with Crippen LogP contribution in [0.5, 0.6) is 0 Å². The minimum atomic E-state index is 0.536. The molecule has 3 aromatic rings. The van der Waals surface area contributed by atoms with Crippen LogP contribution in [0.4, 0.5) is 17.3 Å². The summed E-state index contributed by atoms with van der Waals surface area (Å²) >= 11 is 0. The molecule has 0 aliphatic heterocycles. The average Bonchev–Trinajstić information content (AvgIpc) is 2.63. The van der Waals surface area contributed by atoms with E-state index >= 15 is 0 Å². The molecule has 1 aromatic heterocycles. The fourth-order valence-electron chi connectivity index (χ4n) is 2.60. The van der Waals surface area contributed by atoms with Gasteiger partial charge in [-0.1, -0.05) is 56.3 Å². The fraction of sp³-hybridized carbons (Fsp3) is 0.238. The summed E-state index contributed by atoms with van der Waals surface area (Å²) in [5.41, 5.74) is 3.67. The van der Waals surface area contributed by atoms with Gasteiger partial charge in [0, 0.05) is 18.3 Å². The maximum Gasteiger partial charge on any atom is 0.135 e. The lowest BCUT2D eigenvalue weighted by atomic mass is 10.0. The van der Waals surface area contributed by atoms with E-state index in [-0.39, 0.29) is 0 Å². The van der Waals surface area contributed by atoms with Gasteiger partial charge in [-0.15, -0.1) is 0 Å². The summed E-state index contributed by atoms with van der Waals surface area (Å²) in [6.45, 7) is 5.23. The maximum absolute atomic E-state index is 4.30. The zero-order chi connectivity index (χ0) is 17.5. The van der Waals surface area contributed by atoms with Crippen molar-refractivity contribution in [1.29, 1.82) is 0 Å². The molecule has 0 spiro atoms. The van der Waals surface area contributed by atoms with Gasteiger partial charge in [-0.25, -0.2) is 9.97 Å². The normalized spacial score (nSPS) is 10.7. The highest BCUT2D eigenvalue weighted by Gasteiger charge is 2.02. The highest BCUT2D eigenvalue weighted by molar-refractivity contribution is 5.59. The largest absolute Gasteiger partial charge is 0.370 e. The summed E-state index contributed by atoms with van der Waals surface area (Å²) in [5.74, 6) is 2.15. The summed E-state index contributed by atoms with van der Waals surface area (Å²) in [7, 11) is 0. The van der Waals surface area contributed by atoms with Gasteiger partial charge >= 0.3 is 0 Å². The first kappa shape index (κ1) is 17.0. The number of benzene rings is 2. The highest BCUT2D eigenvalue weighted by Crippen LogP contribution is 2.20. The van der Waals surface area contributed by atoms with Crippen molar-refractivity contribution in [2.45, 2.75) is 26.2 Å². The minimum absolute atomic E-state index is 0.536. The summed E-state index contributed by atoms with van der Waals surface area (Å²) in [5, 5.41) is 6.68. The third kappa shape index (κ3) is 5.05. The highest BCUT2D eigenvalue weighted by atomic mass is 15.1. The quantitative estimate of drug-likeness (QED) is 0.639. The van der Waals surface area contributed by atoms with Crippen molar-refractivity contribution in [3.63, 3.8) is 0 Å². The SMILES string of the molecule is CC(C)c1ccc(Nc2cc(NCCc3ccccc3)ncn2)cc1. The van der Waals surface area contributed by atoms with E-state index in [0.717, 1.165) is 30.3 Å². The number of anilines is 3. The van der Waals surface area contributed by atoms with Crippen LogP contribution >= 0.6 is 0 Å². The number of nitrogens with zero attached hydrogens (tertiary/aromatic N) is 2. The van der Waals surface area contributed by atoms with Gasteiger partial charge in [0.2, 0.25) is 0 Å². The second kappa shape index (κ2) is 8.29. The monoisotopic (exact) mass is 332 g/mol. The van der Waals surface area contributed by atoms with Gasteiger partial charge in [-0.05, 0) is 35.6 Å². The molecule has 0 aliphatic carbocycles. The Morgan fingerprint density at radius 3 is 2.32 bits per heavy atom. The molecule has 0 amide bonds. The van der Waals surface area contributed by atoms with Crippen LogP contribution in [0.3, 0.4) is 0 Å². The topological polar surface area (TPSA) is 49.8 Å². The Bertz CT molecular complexity index is 783. The molecule has 3 rings (SSSR count). The van der Waals surface area contributed by atoms with Crippen molar-refractivity contribution in [2.75, 3.05) is 17.2 Å². The molecule has 0 radical (unpaired) electrons. The summed E-state index contributed by atoms with van der Waals surface area (Å²) in [4.78, 5) is 8.58. The molecule has 0 unspecified atom stereocenters. The van der Waals surface area contributed by atoms with Crippen LogP contribution in [-0.4, -0.2) is 16.5 Å². The van der Waals surface area contributed by atoms with Crippen LogP contribution in [0.15, 0.2) is 67.0 Å². The minimum Gasteiger partial charge on any atom is -0.370 e. The number of aromatic nitrogens is 2. The van der Waals surface area contributed by atoms with Crippen molar-refractivity contribution < 1.29 is 0 Å². The van der Waals surface area contributed by atoms with E-state index in [9.17, 15) is 0 Å². The van der Waals surface area contributed by atoms with Crippen molar-refractivity contribution in [1.82, 2.24) is 9.97 Å². The smallest absolute Gasteiger partial charge is 0.135 e. The molecule has 2 aromatic carbocycles. The van der Waals surface area contributed by atoms with Crippen LogP contribution in [0.2, 0.25) is 0 Å². The van der Waals surface area contributed by atoms with Gasteiger partial charge in [-0.3, -0.25) is 0 Å². The van der Waals surface area contributed by atoms with Crippen LogP contribution < -0.4 is 10.6 Å². The van der Waals surface area contributed by atoms with Crippen LogP contribution in [0.1, 0.15) is 30.9 Å². The number of rotatable bonds is 7. The lowest BCUT2D eigenvalue weighted by Gasteiger charge is -2.10. The van der Waals surface area contributed by atoms with Crippen molar-refractivity contribution in [2.24, 2.45) is 0 Å². The summed E-state index contributed by atoms with van der Waals surface area (Å²) in [6, 6.07) is 20.8. The zero-order valence-electron chi connectivity index (χ0n) is 14.7. The van der Waals surface area contributed by atoms with Crippen LogP contribution in [-0.2, 0) is 6.42 Å². The summed E-state index contributed by atoms with van der Waals surface area (Å²) < 4.78 is 0. The molecule has 128 valence electrons. The van der Waals surface area contributed by atoms with E-state index in [1.807, 2.05) is 12.1 Å². The Kier molecular flexibility index (Phi) is 5.62. The first-order valence-electron chi connectivity index (χ1n) is 8.67. The van der Waals surface area contributed by atoms with Gasteiger partial charge in [0.15, 0.2) is 0 Å². The van der Waals surface area contributed by atoms with Gasteiger partial charge in [0.25, 0.3) is 0 Å². The standard InChI is InChI=1S/C21H24N4/c1-16(2)18-8-10-19(11-9-18)25-21-14-20(23-15-24-21)22-13-12-17-6-4-3-5-7-17/h3-11,14-16H,12-13H2,1-2H3,(H2,22,23,24,25). The first-order chi connectivity index (χ1) is 12.2. The van der Waals surface area contributed by atoms with E-state index in [2.05, 4.69) is 83.0 Å².